The number of ether oxygens (including phenoxy) is 1. The molecule has 0 amide bonds. The summed E-state index contributed by atoms with van der Waals surface area (Å²) in [6, 6.07) is 0. The Morgan fingerprint density at radius 1 is 1.27 bits per heavy atom. The van der Waals surface area contributed by atoms with Crippen molar-refractivity contribution in [3.05, 3.63) is 0 Å². The third kappa shape index (κ3) is 2.48. The third-order valence-corrected chi connectivity index (χ3v) is 2.73. The van der Waals surface area contributed by atoms with Gasteiger partial charge in [0, 0.05) is 6.61 Å². The van der Waals surface area contributed by atoms with E-state index in [0.717, 1.165) is 18.4 Å². The standard InChI is InChI=1S/C10H20O/c1-4-11-10-6-5-8(2)7-9(10)3/h8-10H,4-7H2,1-3H3/t8?,9?,10-/m0/s1. The van der Waals surface area contributed by atoms with Gasteiger partial charge in [0.25, 0.3) is 0 Å². The van der Waals surface area contributed by atoms with Gasteiger partial charge >= 0.3 is 0 Å². The van der Waals surface area contributed by atoms with Gasteiger partial charge in [-0.15, -0.1) is 0 Å². The molecule has 0 radical (unpaired) electrons. The molecule has 0 aromatic rings. The fraction of sp³-hybridized carbons (Fsp3) is 1.00. The van der Waals surface area contributed by atoms with E-state index >= 15 is 0 Å². The van der Waals surface area contributed by atoms with Crippen LogP contribution in [0.5, 0.6) is 0 Å². The van der Waals surface area contributed by atoms with Crippen molar-refractivity contribution in [2.24, 2.45) is 11.8 Å². The quantitative estimate of drug-likeness (QED) is 0.597. The lowest BCUT2D eigenvalue weighted by molar-refractivity contribution is -0.00858. The summed E-state index contributed by atoms with van der Waals surface area (Å²) in [4.78, 5) is 0. The molecule has 66 valence electrons. The number of hydrogen-bond acceptors (Lipinski definition) is 1. The smallest absolute Gasteiger partial charge is 0.0600 e. The molecule has 1 aliphatic carbocycles. The van der Waals surface area contributed by atoms with Crippen LogP contribution in [0.3, 0.4) is 0 Å². The molecule has 2 unspecified atom stereocenters. The van der Waals surface area contributed by atoms with Crippen LogP contribution in [-0.2, 0) is 4.74 Å². The topological polar surface area (TPSA) is 9.23 Å². The van der Waals surface area contributed by atoms with Crippen molar-refractivity contribution in [2.45, 2.75) is 46.1 Å². The van der Waals surface area contributed by atoms with Gasteiger partial charge in [-0.2, -0.15) is 0 Å². The summed E-state index contributed by atoms with van der Waals surface area (Å²) in [5.74, 6) is 1.69. The van der Waals surface area contributed by atoms with Crippen LogP contribution in [0.4, 0.5) is 0 Å². The molecule has 0 aromatic heterocycles. The maximum absolute atomic E-state index is 5.64. The molecule has 3 atom stereocenters. The zero-order chi connectivity index (χ0) is 8.27. The van der Waals surface area contributed by atoms with Crippen molar-refractivity contribution < 1.29 is 4.74 Å². The van der Waals surface area contributed by atoms with Crippen LogP contribution in [0.1, 0.15) is 40.0 Å². The summed E-state index contributed by atoms with van der Waals surface area (Å²) in [5.41, 5.74) is 0. The van der Waals surface area contributed by atoms with Gasteiger partial charge in [-0.3, -0.25) is 0 Å². The first-order valence-corrected chi connectivity index (χ1v) is 4.85. The lowest BCUT2D eigenvalue weighted by Gasteiger charge is -2.32. The molecule has 1 rings (SSSR count). The summed E-state index contributed by atoms with van der Waals surface area (Å²) >= 11 is 0. The zero-order valence-corrected chi connectivity index (χ0v) is 7.97. The van der Waals surface area contributed by atoms with Gasteiger partial charge in [0.05, 0.1) is 6.10 Å². The van der Waals surface area contributed by atoms with Crippen molar-refractivity contribution in [1.82, 2.24) is 0 Å². The molecule has 0 aliphatic heterocycles. The average Bonchev–Trinajstić information content (AvgIpc) is 1.95. The maximum Gasteiger partial charge on any atom is 0.0600 e. The molecule has 1 nitrogen and oxygen atoms in total. The van der Waals surface area contributed by atoms with E-state index in [1.807, 2.05) is 0 Å². The van der Waals surface area contributed by atoms with E-state index in [1.54, 1.807) is 0 Å². The highest BCUT2D eigenvalue weighted by Crippen LogP contribution is 2.30. The Morgan fingerprint density at radius 2 is 2.00 bits per heavy atom. The van der Waals surface area contributed by atoms with Gasteiger partial charge in [-0.05, 0) is 38.0 Å². The van der Waals surface area contributed by atoms with Gasteiger partial charge in [-0.1, -0.05) is 13.8 Å². The fourth-order valence-electron chi connectivity index (χ4n) is 2.10. The molecule has 1 aliphatic rings. The highest BCUT2D eigenvalue weighted by Gasteiger charge is 2.25. The van der Waals surface area contributed by atoms with Crippen molar-refractivity contribution >= 4 is 0 Å². The minimum absolute atomic E-state index is 0.552. The Balaban J connectivity index is 2.31. The summed E-state index contributed by atoms with van der Waals surface area (Å²) in [5, 5.41) is 0. The van der Waals surface area contributed by atoms with Crippen molar-refractivity contribution in [1.29, 1.82) is 0 Å². The Bertz CT molecular complexity index is 111. The maximum atomic E-state index is 5.64. The van der Waals surface area contributed by atoms with E-state index in [-0.39, 0.29) is 0 Å². The molecule has 0 aromatic carbocycles. The van der Waals surface area contributed by atoms with Gasteiger partial charge in [0.15, 0.2) is 0 Å². The van der Waals surface area contributed by atoms with Crippen LogP contribution in [0.15, 0.2) is 0 Å². The molecular formula is C10H20O. The van der Waals surface area contributed by atoms with Gasteiger partial charge in [-0.25, -0.2) is 0 Å². The molecule has 1 heteroatoms. The van der Waals surface area contributed by atoms with Crippen LogP contribution in [0.2, 0.25) is 0 Å². The number of hydrogen-bond donors (Lipinski definition) is 0. The molecule has 0 bridgehead atoms. The van der Waals surface area contributed by atoms with Crippen molar-refractivity contribution in [2.75, 3.05) is 6.61 Å². The first-order valence-electron chi connectivity index (χ1n) is 4.85. The van der Waals surface area contributed by atoms with E-state index < -0.39 is 0 Å². The second-order valence-electron chi connectivity index (χ2n) is 3.89. The van der Waals surface area contributed by atoms with E-state index in [0.29, 0.717) is 6.10 Å². The van der Waals surface area contributed by atoms with E-state index in [9.17, 15) is 0 Å². The minimum atomic E-state index is 0.552. The molecule has 1 saturated carbocycles. The summed E-state index contributed by atoms with van der Waals surface area (Å²) in [6.07, 6.45) is 4.53. The molecule has 0 saturated heterocycles. The fourth-order valence-corrected chi connectivity index (χ4v) is 2.10. The monoisotopic (exact) mass is 156 g/mol. The zero-order valence-electron chi connectivity index (χ0n) is 7.97. The van der Waals surface area contributed by atoms with Gasteiger partial charge < -0.3 is 4.74 Å². The first kappa shape index (κ1) is 9.05. The second kappa shape index (κ2) is 4.10. The van der Waals surface area contributed by atoms with E-state index in [2.05, 4.69) is 20.8 Å². The third-order valence-electron chi connectivity index (χ3n) is 2.73. The predicted molar refractivity (Wildman–Crippen MR) is 47.6 cm³/mol. The Kier molecular flexibility index (Phi) is 3.38. The Hall–Kier alpha value is -0.0400. The van der Waals surface area contributed by atoms with Gasteiger partial charge in [0.1, 0.15) is 0 Å². The SMILES string of the molecule is CCO[C@H]1CCC(C)CC1C. The lowest BCUT2D eigenvalue weighted by Crippen LogP contribution is -2.28. The van der Waals surface area contributed by atoms with E-state index in [4.69, 9.17) is 4.74 Å². The largest absolute Gasteiger partial charge is 0.378 e. The predicted octanol–water partition coefficient (Wildman–Crippen LogP) is 2.85. The Morgan fingerprint density at radius 3 is 2.55 bits per heavy atom. The van der Waals surface area contributed by atoms with Crippen LogP contribution in [-0.4, -0.2) is 12.7 Å². The lowest BCUT2D eigenvalue weighted by atomic mass is 9.81. The summed E-state index contributed by atoms with van der Waals surface area (Å²) < 4.78 is 5.64. The van der Waals surface area contributed by atoms with E-state index in [1.165, 1.54) is 19.3 Å². The second-order valence-corrected chi connectivity index (χ2v) is 3.89. The normalized spacial score (nSPS) is 39.0. The first-order chi connectivity index (χ1) is 5.24. The molecule has 0 N–H and O–H groups in total. The molecule has 0 spiro atoms. The van der Waals surface area contributed by atoms with Gasteiger partial charge in [0.2, 0.25) is 0 Å². The highest BCUT2D eigenvalue weighted by atomic mass is 16.5. The highest BCUT2D eigenvalue weighted by molar-refractivity contribution is 4.75. The summed E-state index contributed by atoms with van der Waals surface area (Å²) in [7, 11) is 0. The van der Waals surface area contributed by atoms with Crippen molar-refractivity contribution in [3.8, 4) is 0 Å². The molecule has 0 heterocycles. The minimum Gasteiger partial charge on any atom is -0.378 e. The number of rotatable bonds is 2. The molecule has 11 heavy (non-hydrogen) atoms. The van der Waals surface area contributed by atoms with Crippen molar-refractivity contribution in [3.63, 3.8) is 0 Å². The van der Waals surface area contributed by atoms with Crippen LogP contribution in [0, 0.1) is 11.8 Å². The molecule has 1 fully saturated rings. The van der Waals surface area contributed by atoms with Crippen LogP contribution >= 0.6 is 0 Å². The Labute approximate surface area is 70.1 Å². The molecular weight excluding hydrogens is 136 g/mol. The van der Waals surface area contributed by atoms with Crippen LogP contribution in [0.25, 0.3) is 0 Å². The average molecular weight is 156 g/mol. The summed E-state index contributed by atoms with van der Waals surface area (Å²) in [6.45, 7) is 7.63. The van der Waals surface area contributed by atoms with Crippen LogP contribution < -0.4 is 0 Å².